The van der Waals surface area contributed by atoms with Crippen LogP contribution in [0.25, 0.3) is 0 Å². The summed E-state index contributed by atoms with van der Waals surface area (Å²) in [6.07, 6.45) is 1.68. The minimum atomic E-state index is -0.802. The molecule has 1 aliphatic rings. The molecule has 0 spiro atoms. The number of anilines is 1. The summed E-state index contributed by atoms with van der Waals surface area (Å²) < 4.78 is 25.0. The predicted molar refractivity (Wildman–Crippen MR) is 80.6 cm³/mol. The van der Waals surface area contributed by atoms with Crippen molar-refractivity contribution in [1.29, 1.82) is 0 Å². The first-order chi connectivity index (χ1) is 9.97. The summed E-state index contributed by atoms with van der Waals surface area (Å²) in [7, 11) is -0.802. The zero-order chi connectivity index (χ0) is 15.4. The van der Waals surface area contributed by atoms with Crippen LogP contribution in [0.5, 0.6) is 0 Å². The molecule has 2 rings (SSSR count). The molecule has 0 radical (unpaired) electrons. The topological polar surface area (TPSA) is 66.7 Å². The van der Waals surface area contributed by atoms with E-state index in [1.165, 1.54) is 12.1 Å². The van der Waals surface area contributed by atoms with E-state index in [0.717, 1.165) is 25.7 Å². The maximum atomic E-state index is 13.9. The average Bonchev–Trinajstić information content (AvgIpc) is 2.45. The third-order valence-corrected chi connectivity index (χ3v) is 4.31. The zero-order valence-corrected chi connectivity index (χ0v) is 12.6. The van der Waals surface area contributed by atoms with E-state index in [1.807, 2.05) is 4.90 Å². The van der Waals surface area contributed by atoms with Crippen LogP contribution in [0.2, 0.25) is 0 Å². The van der Waals surface area contributed by atoms with E-state index < -0.39 is 21.5 Å². The lowest BCUT2D eigenvalue weighted by atomic mass is 10.2. The number of benzene rings is 1. The lowest BCUT2D eigenvalue weighted by Gasteiger charge is -2.36. The molecule has 0 aliphatic carbocycles. The van der Waals surface area contributed by atoms with E-state index in [9.17, 15) is 18.7 Å². The number of piperazine rings is 1. The number of rotatable bonds is 5. The monoisotopic (exact) mass is 315 g/mol. The van der Waals surface area contributed by atoms with Crippen LogP contribution in [0.1, 0.15) is 0 Å². The van der Waals surface area contributed by atoms with Crippen molar-refractivity contribution in [2.24, 2.45) is 0 Å². The molecule has 21 heavy (non-hydrogen) atoms. The second-order valence-corrected chi connectivity index (χ2v) is 6.55. The highest BCUT2D eigenvalue weighted by Gasteiger charge is 2.21. The zero-order valence-electron chi connectivity index (χ0n) is 11.8. The second-order valence-electron chi connectivity index (χ2n) is 5.00. The Morgan fingerprint density at radius 1 is 1.33 bits per heavy atom. The van der Waals surface area contributed by atoms with Crippen LogP contribution in [-0.2, 0) is 10.8 Å². The van der Waals surface area contributed by atoms with E-state index in [4.69, 9.17) is 0 Å². The minimum absolute atomic E-state index is 0.236. The maximum absolute atomic E-state index is 13.9. The molecule has 0 unspecified atom stereocenters. The lowest BCUT2D eigenvalue weighted by molar-refractivity contribution is -0.385. The number of nitro groups is 1. The van der Waals surface area contributed by atoms with Crippen LogP contribution >= 0.6 is 0 Å². The van der Waals surface area contributed by atoms with Gasteiger partial charge >= 0.3 is 0 Å². The van der Waals surface area contributed by atoms with Gasteiger partial charge in [-0.05, 0) is 6.07 Å². The van der Waals surface area contributed by atoms with Crippen molar-refractivity contribution in [1.82, 2.24) is 4.90 Å². The first kappa shape index (κ1) is 15.8. The molecule has 1 fully saturated rings. The fourth-order valence-electron chi connectivity index (χ4n) is 2.34. The van der Waals surface area contributed by atoms with Gasteiger partial charge in [-0.25, -0.2) is 4.39 Å². The van der Waals surface area contributed by atoms with Crippen molar-refractivity contribution in [2.45, 2.75) is 0 Å². The fourth-order valence-corrected chi connectivity index (χ4v) is 2.85. The van der Waals surface area contributed by atoms with Crippen LogP contribution < -0.4 is 4.90 Å². The minimum Gasteiger partial charge on any atom is -0.367 e. The van der Waals surface area contributed by atoms with Crippen molar-refractivity contribution < 1.29 is 13.5 Å². The quantitative estimate of drug-likeness (QED) is 0.604. The maximum Gasteiger partial charge on any atom is 0.272 e. The Bertz CT molecular complexity index is 547. The SMILES string of the molecule is C[S@](=O)CCN1CCN(c2ccc([N+](=O)[O-])cc2F)CC1. The van der Waals surface area contributed by atoms with Crippen LogP contribution in [0.3, 0.4) is 0 Å². The fraction of sp³-hybridized carbons (Fsp3) is 0.538. The van der Waals surface area contributed by atoms with Crippen molar-refractivity contribution in [3.8, 4) is 0 Å². The largest absolute Gasteiger partial charge is 0.367 e. The van der Waals surface area contributed by atoms with E-state index in [0.29, 0.717) is 24.5 Å². The van der Waals surface area contributed by atoms with Gasteiger partial charge in [0.15, 0.2) is 5.82 Å². The summed E-state index contributed by atoms with van der Waals surface area (Å²) >= 11 is 0. The van der Waals surface area contributed by atoms with Crippen LogP contribution in [0.15, 0.2) is 18.2 Å². The Hall–Kier alpha value is -1.54. The van der Waals surface area contributed by atoms with Gasteiger partial charge in [-0.1, -0.05) is 0 Å². The molecule has 0 bridgehead atoms. The van der Waals surface area contributed by atoms with Gasteiger partial charge in [0, 0.05) is 61.6 Å². The van der Waals surface area contributed by atoms with Gasteiger partial charge in [0.2, 0.25) is 0 Å². The van der Waals surface area contributed by atoms with Gasteiger partial charge in [0.1, 0.15) is 0 Å². The highest BCUT2D eigenvalue weighted by atomic mass is 32.2. The molecule has 0 N–H and O–H groups in total. The number of hydrogen-bond acceptors (Lipinski definition) is 5. The number of hydrogen-bond donors (Lipinski definition) is 0. The number of non-ortho nitro benzene ring substituents is 1. The standard InChI is InChI=1S/C13H18FN3O3S/c1-21(20)9-8-15-4-6-16(7-5-15)13-3-2-11(17(18)19)10-12(13)14/h2-3,10H,4-9H2,1H3/t21-/m0/s1. The summed E-state index contributed by atoms with van der Waals surface area (Å²) in [5, 5.41) is 10.6. The summed E-state index contributed by atoms with van der Waals surface area (Å²) in [6, 6.07) is 3.75. The molecule has 1 aromatic carbocycles. The van der Waals surface area contributed by atoms with Gasteiger partial charge in [-0.2, -0.15) is 0 Å². The van der Waals surface area contributed by atoms with Crippen LogP contribution in [0.4, 0.5) is 15.8 Å². The van der Waals surface area contributed by atoms with Gasteiger partial charge in [0.05, 0.1) is 16.7 Å². The smallest absolute Gasteiger partial charge is 0.272 e. The molecule has 1 aliphatic heterocycles. The Balaban J connectivity index is 1.96. The molecule has 1 aromatic rings. The molecule has 8 heteroatoms. The summed E-state index contributed by atoms with van der Waals surface area (Å²) in [5.74, 6) is 0.0821. The molecule has 116 valence electrons. The number of nitrogens with zero attached hydrogens (tertiary/aromatic N) is 3. The Kier molecular flexibility index (Phi) is 5.24. The van der Waals surface area contributed by atoms with Crippen molar-refractivity contribution >= 4 is 22.2 Å². The highest BCUT2D eigenvalue weighted by Crippen LogP contribution is 2.24. The van der Waals surface area contributed by atoms with Gasteiger partial charge in [-0.3, -0.25) is 19.2 Å². The third kappa shape index (κ3) is 4.21. The summed E-state index contributed by atoms with van der Waals surface area (Å²) in [5.41, 5.74) is 0.166. The molecule has 1 saturated heterocycles. The Morgan fingerprint density at radius 3 is 2.52 bits per heavy atom. The summed E-state index contributed by atoms with van der Waals surface area (Å²) in [6.45, 7) is 3.64. The number of nitro benzene ring substituents is 1. The van der Waals surface area contributed by atoms with Gasteiger partial charge in [0.25, 0.3) is 5.69 Å². The van der Waals surface area contributed by atoms with E-state index >= 15 is 0 Å². The molecule has 0 amide bonds. The Labute approximate surface area is 125 Å². The van der Waals surface area contributed by atoms with Crippen molar-refractivity contribution in [3.05, 3.63) is 34.1 Å². The molecular weight excluding hydrogens is 297 g/mol. The van der Waals surface area contributed by atoms with E-state index in [2.05, 4.69) is 4.90 Å². The van der Waals surface area contributed by atoms with Gasteiger partial charge in [-0.15, -0.1) is 0 Å². The lowest BCUT2D eigenvalue weighted by Crippen LogP contribution is -2.47. The first-order valence-corrected chi connectivity index (χ1v) is 8.41. The third-order valence-electron chi connectivity index (χ3n) is 3.55. The van der Waals surface area contributed by atoms with E-state index in [1.54, 1.807) is 6.26 Å². The summed E-state index contributed by atoms with van der Waals surface area (Å²) in [4.78, 5) is 14.1. The molecule has 1 atom stereocenters. The molecule has 0 aromatic heterocycles. The van der Waals surface area contributed by atoms with E-state index in [-0.39, 0.29) is 5.69 Å². The van der Waals surface area contributed by atoms with Gasteiger partial charge < -0.3 is 4.90 Å². The molecule has 1 heterocycles. The highest BCUT2D eigenvalue weighted by molar-refractivity contribution is 7.84. The van der Waals surface area contributed by atoms with Crippen molar-refractivity contribution in [3.63, 3.8) is 0 Å². The predicted octanol–water partition coefficient (Wildman–Crippen LogP) is 1.23. The first-order valence-electron chi connectivity index (χ1n) is 6.68. The second kappa shape index (κ2) is 6.95. The van der Waals surface area contributed by atoms with Crippen LogP contribution in [-0.4, -0.2) is 58.8 Å². The molecule has 6 nitrogen and oxygen atoms in total. The van der Waals surface area contributed by atoms with Crippen LogP contribution in [0, 0.1) is 15.9 Å². The normalized spacial score (nSPS) is 17.7. The average molecular weight is 315 g/mol. The van der Waals surface area contributed by atoms with Crippen molar-refractivity contribution in [2.75, 3.05) is 49.6 Å². The Morgan fingerprint density at radius 2 is 2.00 bits per heavy atom. The number of halogens is 1. The molecule has 0 saturated carbocycles. The molecular formula is C13H18FN3O3S.